The van der Waals surface area contributed by atoms with Crippen LogP contribution in [0, 0.1) is 0 Å². The third-order valence-corrected chi connectivity index (χ3v) is 11.0. The Morgan fingerprint density at radius 1 is 0.750 bits per heavy atom. The number of benzene rings is 6. The molecule has 0 N–H and O–H groups in total. The molecule has 52 heavy (non-hydrogen) atoms. The molecule has 8 aromatic rings. The second-order valence-electron chi connectivity index (χ2n) is 14.1. The van der Waals surface area contributed by atoms with Crippen LogP contribution in [0.25, 0.3) is 55.7 Å². The van der Waals surface area contributed by atoms with Gasteiger partial charge in [0.15, 0.2) is 0 Å². The molecule has 2 heterocycles. The van der Waals surface area contributed by atoms with Crippen LogP contribution in [0.15, 0.2) is 160 Å². The van der Waals surface area contributed by atoms with Crippen molar-refractivity contribution in [3.63, 3.8) is 0 Å². The highest BCUT2D eigenvalue weighted by atomic mass is 16.3. The summed E-state index contributed by atoms with van der Waals surface area (Å²) in [6.07, 6.45) is 9.38. The lowest BCUT2D eigenvalue weighted by molar-refractivity contribution is 0.531. The molecular formula is C48H37N3O. The minimum Gasteiger partial charge on any atom is -0.460 e. The third-order valence-electron chi connectivity index (χ3n) is 11.0. The largest absolute Gasteiger partial charge is 0.460 e. The predicted molar refractivity (Wildman–Crippen MR) is 217 cm³/mol. The number of para-hydroxylation sites is 2. The molecule has 2 aromatic heterocycles. The highest BCUT2D eigenvalue weighted by Gasteiger charge is 2.30. The van der Waals surface area contributed by atoms with Crippen LogP contribution in [0.1, 0.15) is 59.6 Å². The first-order valence-corrected chi connectivity index (χ1v) is 18.3. The number of fused-ring (bicyclic) bond motifs is 10. The standard InChI is InChI=1S/C48H37N3O/c1-31-23-24-33-25-26-34(29-41(33)37-18-9-8-17-36(31)37)50-48(49-30-32-13-4-2-5-14-32)40-21-12-20-39-46-44(52-47(39)40)28-27-43-45(46)38-19-10-11-22-42(38)51(43)35-15-6-3-7-16-35/h2-20,22,25-31,40H,21,23-24H2,1H3. The minimum atomic E-state index is -0.156. The molecule has 2 aliphatic carbocycles. The fourth-order valence-electron chi connectivity index (χ4n) is 8.43. The topological polar surface area (TPSA) is 42.8 Å². The van der Waals surface area contributed by atoms with Gasteiger partial charge in [0.2, 0.25) is 0 Å². The number of hydrogen-bond acceptors (Lipinski definition) is 2. The van der Waals surface area contributed by atoms with Gasteiger partial charge in [0, 0.05) is 33.6 Å². The summed E-state index contributed by atoms with van der Waals surface area (Å²) in [5.41, 5.74) is 12.8. The summed E-state index contributed by atoms with van der Waals surface area (Å²) >= 11 is 0. The van der Waals surface area contributed by atoms with Crippen LogP contribution in [0.5, 0.6) is 0 Å². The number of aryl methyl sites for hydroxylation is 1. The fourth-order valence-corrected chi connectivity index (χ4v) is 8.43. The van der Waals surface area contributed by atoms with E-state index in [-0.39, 0.29) is 5.92 Å². The maximum absolute atomic E-state index is 6.90. The molecule has 250 valence electrons. The Hall–Kier alpha value is -6.26. The summed E-state index contributed by atoms with van der Waals surface area (Å²) < 4.78 is 9.26. The van der Waals surface area contributed by atoms with E-state index in [1.165, 1.54) is 38.5 Å². The molecule has 0 spiro atoms. The molecule has 4 nitrogen and oxygen atoms in total. The number of allylic oxidation sites excluding steroid dienone is 1. The van der Waals surface area contributed by atoms with Crippen molar-refractivity contribution in [2.75, 3.05) is 0 Å². The van der Waals surface area contributed by atoms with Crippen molar-refractivity contribution in [3.05, 3.63) is 174 Å². The summed E-state index contributed by atoms with van der Waals surface area (Å²) in [5, 5.41) is 3.56. The van der Waals surface area contributed by atoms with E-state index in [1.54, 1.807) is 0 Å². The van der Waals surface area contributed by atoms with Crippen LogP contribution >= 0.6 is 0 Å². The zero-order valence-corrected chi connectivity index (χ0v) is 29.0. The first-order chi connectivity index (χ1) is 25.7. The molecule has 0 radical (unpaired) electrons. The van der Waals surface area contributed by atoms with Gasteiger partial charge in [0.1, 0.15) is 17.2 Å². The van der Waals surface area contributed by atoms with Crippen molar-refractivity contribution in [1.82, 2.24) is 4.57 Å². The van der Waals surface area contributed by atoms with Crippen molar-refractivity contribution < 1.29 is 4.42 Å². The van der Waals surface area contributed by atoms with Gasteiger partial charge in [-0.2, -0.15) is 0 Å². The molecule has 2 aliphatic rings. The fraction of sp³-hybridized carbons (Fsp3) is 0.125. The van der Waals surface area contributed by atoms with Crippen LogP contribution < -0.4 is 0 Å². The van der Waals surface area contributed by atoms with E-state index in [2.05, 4.69) is 145 Å². The zero-order valence-electron chi connectivity index (χ0n) is 29.0. The number of furan rings is 1. The average Bonchev–Trinajstić information content (AvgIpc) is 3.71. The molecule has 0 saturated carbocycles. The lowest BCUT2D eigenvalue weighted by Gasteiger charge is -2.18. The summed E-state index contributed by atoms with van der Waals surface area (Å²) in [5.74, 6) is 2.01. The van der Waals surface area contributed by atoms with Crippen molar-refractivity contribution in [1.29, 1.82) is 0 Å². The number of amidine groups is 1. The van der Waals surface area contributed by atoms with Gasteiger partial charge in [-0.15, -0.1) is 0 Å². The predicted octanol–water partition coefficient (Wildman–Crippen LogP) is 12.6. The Morgan fingerprint density at radius 3 is 2.42 bits per heavy atom. The van der Waals surface area contributed by atoms with Crippen LogP contribution in [0.4, 0.5) is 5.69 Å². The summed E-state index contributed by atoms with van der Waals surface area (Å²) in [6, 6.07) is 49.5. The third kappa shape index (κ3) is 5.05. The van der Waals surface area contributed by atoms with Crippen LogP contribution in [0.2, 0.25) is 0 Å². The smallest absolute Gasteiger partial charge is 0.139 e. The van der Waals surface area contributed by atoms with Gasteiger partial charge in [-0.3, -0.25) is 0 Å². The van der Waals surface area contributed by atoms with E-state index in [0.29, 0.717) is 5.92 Å². The lowest BCUT2D eigenvalue weighted by atomic mass is 9.90. The summed E-state index contributed by atoms with van der Waals surface area (Å²) in [4.78, 5) is 10.5. The molecule has 0 aliphatic heterocycles. The number of hydrogen-bond donors (Lipinski definition) is 0. The van der Waals surface area contributed by atoms with Crippen LogP contribution in [-0.2, 0) is 6.42 Å². The van der Waals surface area contributed by atoms with Gasteiger partial charge in [0.25, 0.3) is 0 Å². The van der Waals surface area contributed by atoms with Crippen LogP contribution in [0.3, 0.4) is 0 Å². The average molecular weight is 672 g/mol. The molecule has 6 aromatic carbocycles. The normalized spacial score (nSPS) is 17.1. The molecule has 4 heteroatoms. The maximum Gasteiger partial charge on any atom is 0.139 e. The monoisotopic (exact) mass is 671 g/mol. The first kappa shape index (κ1) is 30.6. The Kier molecular flexibility index (Phi) is 7.35. The van der Waals surface area contributed by atoms with E-state index < -0.39 is 0 Å². The second kappa shape index (κ2) is 12.5. The van der Waals surface area contributed by atoms with E-state index in [1.807, 2.05) is 24.4 Å². The van der Waals surface area contributed by atoms with E-state index in [0.717, 1.165) is 69.8 Å². The van der Waals surface area contributed by atoms with Crippen LogP contribution in [-0.4, -0.2) is 16.6 Å². The summed E-state index contributed by atoms with van der Waals surface area (Å²) in [6.45, 7) is 2.34. The quantitative estimate of drug-likeness (QED) is 0.136. The molecule has 2 unspecified atom stereocenters. The highest BCUT2D eigenvalue weighted by molar-refractivity contribution is 6.23. The second-order valence-corrected chi connectivity index (χ2v) is 14.1. The van der Waals surface area contributed by atoms with Gasteiger partial charge < -0.3 is 8.98 Å². The minimum absolute atomic E-state index is 0.156. The Bertz CT molecular complexity index is 2730. The Labute approximate surface area is 303 Å². The lowest BCUT2D eigenvalue weighted by Crippen LogP contribution is -2.13. The van der Waals surface area contributed by atoms with E-state index in [9.17, 15) is 0 Å². The van der Waals surface area contributed by atoms with Crippen molar-refractivity contribution in [3.8, 4) is 16.8 Å². The zero-order chi connectivity index (χ0) is 34.6. The van der Waals surface area contributed by atoms with Crippen molar-refractivity contribution in [2.45, 2.75) is 38.0 Å². The molecule has 0 amide bonds. The van der Waals surface area contributed by atoms with Gasteiger partial charge in [-0.1, -0.05) is 116 Å². The van der Waals surface area contributed by atoms with E-state index in [4.69, 9.17) is 14.4 Å². The number of aliphatic imine (C=N–C) groups is 2. The molecular weight excluding hydrogens is 635 g/mol. The van der Waals surface area contributed by atoms with E-state index >= 15 is 0 Å². The van der Waals surface area contributed by atoms with Gasteiger partial charge in [0.05, 0.1) is 22.6 Å². The number of nitrogens with zero attached hydrogens (tertiary/aromatic N) is 3. The molecule has 10 rings (SSSR count). The highest BCUT2D eigenvalue weighted by Crippen LogP contribution is 2.45. The maximum atomic E-state index is 6.90. The molecule has 2 atom stereocenters. The molecule has 0 bridgehead atoms. The molecule has 0 fully saturated rings. The first-order valence-electron chi connectivity index (χ1n) is 18.3. The van der Waals surface area contributed by atoms with Gasteiger partial charge in [-0.05, 0) is 95.5 Å². The van der Waals surface area contributed by atoms with Crippen molar-refractivity contribution >= 4 is 56.6 Å². The number of rotatable bonds is 4. The SMILES string of the molecule is CC1CCc2ccc(N=C(N=Cc3ccccc3)C3CC=Cc4c3oc3ccc5c(c6ccccc6n5-c5ccccc5)c43)cc2-c2ccccc21. The Balaban J connectivity index is 1.16. The van der Waals surface area contributed by atoms with Gasteiger partial charge >= 0.3 is 0 Å². The van der Waals surface area contributed by atoms with Crippen molar-refractivity contribution in [2.24, 2.45) is 9.98 Å². The Morgan fingerprint density at radius 2 is 1.54 bits per heavy atom. The summed E-state index contributed by atoms with van der Waals surface area (Å²) in [7, 11) is 0. The molecule has 0 saturated heterocycles. The van der Waals surface area contributed by atoms with Gasteiger partial charge in [-0.25, -0.2) is 9.98 Å². The number of aromatic nitrogens is 1.